The van der Waals surface area contributed by atoms with Crippen LogP contribution in [0.2, 0.25) is 0 Å². The topological polar surface area (TPSA) is 81.7 Å². The van der Waals surface area contributed by atoms with Crippen LogP contribution in [0.4, 0.5) is 11.6 Å². The summed E-state index contributed by atoms with van der Waals surface area (Å²) in [6.45, 7) is 2.70. The third kappa shape index (κ3) is 2.35. The van der Waals surface area contributed by atoms with Crippen LogP contribution in [0, 0.1) is 0 Å². The number of nitrogen functional groups attached to an aromatic ring is 1. The molecule has 0 aromatic carbocycles. The number of nitrogens with one attached hydrogen (secondary N) is 1. The van der Waals surface area contributed by atoms with Gasteiger partial charge in [0.2, 0.25) is 0 Å². The van der Waals surface area contributed by atoms with E-state index in [2.05, 4.69) is 20.4 Å². The Kier molecular flexibility index (Phi) is 3.22. The second kappa shape index (κ2) is 4.82. The Morgan fingerprint density at radius 1 is 1.41 bits per heavy atom. The highest BCUT2D eigenvalue weighted by Crippen LogP contribution is 2.18. The largest absolute Gasteiger partial charge is 0.383 e. The van der Waals surface area contributed by atoms with Crippen molar-refractivity contribution in [2.45, 2.75) is 19.9 Å². The van der Waals surface area contributed by atoms with Gasteiger partial charge in [0.05, 0.1) is 12.2 Å². The van der Waals surface area contributed by atoms with Crippen molar-refractivity contribution >= 4 is 11.6 Å². The number of rotatable bonds is 4. The maximum absolute atomic E-state index is 5.80. The third-order valence-corrected chi connectivity index (χ3v) is 2.69. The summed E-state index contributed by atoms with van der Waals surface area (Å²) in [7, 11) is 1.91. The van der Waals surface area contributed by atoms with Gasteiger partial charge in [0.15, 0.2) is 0 Å². The summed E-state index contributed by atoms with van der Waals surface area (Å²) in [4.78, 5) is 8.19. The zero-order valence-electron chi connectivity index (χ0n) is 10.0. The highest BCUT2D eigenvalue weighted by Gasteiger charge is 2.07. The highest BCUT2D eigenvalue weighted by atomic mass is 15.3. The van der Waals surface area contributed by atoms with Gasteiger partial charge >= 0.3 is 0 Å². The summed E-state index contributed by atoms with van der Waals surface area (Å²) >= 11 is 0. The first kappa shape index (κ1) is 11.4. The number of nitrogens with zero attached hydrogens (tertiary/aromatic N) is 4. The Morgan fingerprint density at radius 3 is 2.88 bits per heavy atom. The van der Waals surface area contributed by atoms with Gasteiger partial charge in [0.1, 0.15) is 18.0 Å². The van der Waals surface area contributed by atoms with Crippen LogP contribution < -0.4 is 11.1 Å². The normalized spacial score (nSPS) is 10.5. The number of nitrogens with two attached hydrogens (primary N) is 1. The second-order valence-corrected chi connectivity index (χ2v) is 3.74. The van der Waals surface area contributed by atoms with Crippen molar-refractivity contribution in [3.05, 3.63) is 29.8 Å². The third-order valence-electron chi connectivity index (χ3n) is 2.69. The van der Waals surface area contributed by atoms with Gasteiger partial charge in [0, 0.05) is 18.8 Å². The average Bonchev–Trinajstić information content (AvgIpc) is 2.72. The van der Waals surface area contributed by atoms with Crippen molar-refractivity contribution < 1.29 is 0 Å². The van der Waals surface area contributed by atoms with Crippen LogP contribution >= 0.6 is 0 Å². The van der Waals surface area contributed by atoms with Crippen molar-refractivity contribution in [1.29, 1.82) is 0 Å². The molecule has 0 amide bonds. The first-order valence-electron chi connectivity index (χ1n) is 5.52. The molecule has 0 aliphatic carbocycles. The van der Waals surface area contributed by atoms with E-state index in [0.717, 1.165) is 23.5 Å². The molecule has 0 aliphatic heterocycles. The molecule has 6 nitrogen and oxygen atoms in total. The summed E-state index contributed by atoms with van der Waals surface area (Å²) in [5, 5.41) is 7.36. The van der Waals surface area contributed by atoms with Crippen LogP contribution in [0.25, 0.3) is 0 Å². The average molecular weight is 232 g/mol. The summed E-state index contributed by atoms with van der Waals surface area (Å²) in [5.41, 5.74) is 7.84. The van der Waals surface area contributed by atoms with Gasteiger partial charge in [0.25, 0.3) is 0 Å². The first-order valence-corrected chi connectivity index (χ1v) is 5.52. The van der Waals surface area contributed by atoms with E-state index < -0.39 is 0 Å². The fourth-order valence-electron chi connectivity index (χ4n) is 1.68. The SMILES string of the molecule is CCc1c(N)ncnc1NCc1ccnn1C. The van der Waals surface area contributed by atoms with Gasteiger partial charge in [-0.2, -0.15) is 5.10 Å². The Morgan fingerprint density at radius 2 is 2.24 bits per heavy atom. The maximum atomic E-state index is 5.80. The quantitative estimate of drug-likeness (QED) is 0.820. The molecular formula is C11H16N6. The summed E-state index contributed by atoms with van der Waals surface area (Å²) < 4.78 is 1.82. The molecule has 3 N–H and O–H groups in total. The van der Waals surface area contributed by atoms with Crippen LogP contribution in [0.3, 0.4) is 0 Å². The minimum absolute atomic E-state index is 0.537. The number of hydrogen-bond donors (Lipinski definition) is 2. The lowest BCUT2D eigenvalue weighted by Gasteiger charge is -2.10. The predicted octanol–water partition coefficient (Wildman–Crippen LogP) is 0.967. The van der Waals surface area contributed by atoms with E-state index in [9.17, 15) is 0 Å². The van der Waals surface area contributed by atoms with Gasteiger partial charge in [-0.25, -0.2) is 9.97 Å². The van der Waals surface area contributed by atoms with Gasteiger partial charge in [-0.1, -0.05) is 6.92 Å². The lowest BCUT2D eigenvalue weighted by Crippen LogP contribution is -2.10. The molecule has 90 valence electrons. The zero-order valence-corrected chi connectivity index (χ0v) is 10.0. The van der Waals surface area contributed by atoms with E-state index in [4.69, 9.17) is 5.73 Å². The van der Waals surface area contributed by atoms with Crippen molar-refractivity contribution in [1.82, 2.24) is 19.7 Å². The molecule has 0 fully saturated rings. The molecule has 0 saturated carbocycles. The molecule has 0 aliphatic rings. The molecule has 0 unspecified atom stereocenters. The van der Waals surface area contributed by atoms with Gasteiger partial charge < -0.3 is 11.1 Å². The van der Waals surface area contributed by atoms with Crippen LogP contribution in [-0.2, 0) is 20.0 Å². The first-order chi connectivity index (χ1) is 8.22. The van der Waals surface area contributed by atoms with Crippen LogP contribution in [0.5, 0.6) is 0 Å². The standard InChI is InChI=1S/C11H16N6/c1-3-9-10(12)14-7-15-11(9)13-6-8-4-5-16-17(8)2/h4-5,7H,3,6H2,1-2H3,(H3,12,13,14,15). The van der Waals surface area contributed by atoms with Gasteiger partial charge in [-0.15, -0.1) is 0 Å². The van der Waals surface area contributed by atoms with Crippen molar-refractivity contribution in [2.24, 2.45) is 7.05 Å². The van der Waals surface area contributed by atoms with Gasteiger partial charge in [-0.05, 0) is 12.5 Å². The number of anilines is 2. The fraction of sp³-hybridized carbons (Fsp3) is 0.364. The molecule has 2 rings (SSSR count). The monoisotopic (exact) mass is 232 g/mol. The molecule has 2 aromatic rings. The molecule has 2 heterocycles. The van der Waals surface area contributed by atoms with Crippen molar-refractivity contribution in [3.8, 4) is 0 Å². The lowest BCUT2D eigenvalue weighted by molar-refractivity contribution is 0.719. The fourth-order valence-corrected chi connectivity index (χ4v) is 1.68. The molecule has 2 aromatic heterocycles. The molecule has 0 spiro atoms. The minimum Gasteiger partial charge on any atom is -0.383 e. The number of hydrogen-bond acceptors (Lipinski definition) is 5. The van der Waals surface area contributed by atoms with E-state index in [1.807, 2.05) is 24.7 Å². The van der Waals surface area contributed by atoms with Crippen molar-refractivity contribution in [3.63, 3.8) is 0 Å². The smallest absolute Gasteiger partial charge is 0.135 e. The second-order valence-electron chi connectivity index (χ2n) is 3.74. The van der Waals surface area contributed by atoms with E-state index >= 15 is 0 Å². The molecule has 0 radical (unpaired) electrons. The molecule has 0 atom stereocenters. The Bertz CT molecular complexity index is 504. The lowest BCUT2D eigenvalue weighted by atomic mass is 10.2. The Hall–Kier alpha value is -2.11. The van der Waals surface area contributed by atoms with Crippen molar-refractivity contribution in [2.75, 3.05) is 11.1 Å². The number of aryl methyl sites for hydroxylation is 1. The van der Waals surface area contributed by atoms with Crippen LogP contribution in [-0.4, -0.2) is 19.7 Å². The van der Waals surface area contributed by atoms with Crippen LogP contribution in [0.1, 0.15) is 18.2 Å². The predicted molar refractivity (Wildman–Crippen MR) is 66.4 cm³/mol. The number of aromatic nitrogens is 4. The Labute approximate surface area is 99.9 Å². The summed E-state index contributed by atoms with van der Waals surface area (Å²) in [5.74, 6) is 1.33. The molecule has 0 saturated heterocycles. The maximum Gasteiger partial charge on any atom is 0.135 e. The van der Waals surface area contributed by atoms with E-state index in [-0.39, 0.29) is 0 Å². The van der Waals surface area contributed by atoms with E-state index in [1.165, 1.54) is 6.33 Å². The van der Waals surface area contributed by atoms with Crippen LogP contribution in [0.15, 0.2) is 18.6 Å². The molecule has 6 heteroatoms. The summed E-state index contributed by atoms with van der Waals surface area (Å²) in [6, 6.07) is 1.96. The minimum atomic E-state index is 0.537. The Balaban J connectivity index is 2.14. The van der Waals surface area contributed by atoms with E-state index in [0.29, 0.717) is 12.4 Å². The highest BCUT2D eigenvalue weighted by molar-refractivity contribution is 5.54. The molecule has 17 heavy (non-hydrogen) atoms. The summed E-state index contributed by atoms with van der Waals surface area (Å²) in [6.07, 6.45) is 4.05. The molecular weight excluding hydrogens is 216 g/mol. The van der Waals surface area contributed by atoms with E-state index in [1.54, 1.807) is 6.20 Å². The van der Waals surface area contributed by atoms with Gasteiger partial charge in [-0.3, -0.25) is 4.68 Å². The molecule has 0 bridgehead atoms. The zero-order chi connectivity index (χ0) is 12.3.